The molecule has 2 fully saturated rings. The Morgan fingerprint density at radius 3 is 2.62 bits per heavy atom. The summed E-state index contributed by atoms with van der Waals surface area (Å²) in [5.41, 5.74) is 0.716. The van der Waals surface area contributed by atoms with Crippen molar-refractivity contribution >= 4 is 22.3 Å². The Bertz CT molecular complexity index is 736. The SMILES string of the molecule is O=C(NS(=O)(=O)N1C2CCC(C2)C1C(=O)O)OCc1ccccc1. The molecular weight excluding hydrogens is 336 g/mol. The van der Waals surface area contributed by atoms with E-state index in [9.17, 15) is 23.1 Å². The summed E-state index contributed by atoms with van der Waals surface area (Å²) in [7, 11) is -4.26. The van der Waals surface area contributed by atoms with Crippen molar-refractivity contribution in [2.45, 2.75) is 38.0 Å². The van der Waals surface area contributed by atoms with Crippen LogP contribution in [-0.4, -0.2) is 42.0 Å². The van der Waals surface area contributed by atoms with E-state index < -0.39 is 28.3 Å². The van der Waals surface area contributed by atoms with Crippen molar-refractivity contribution in [1.29, 1.82) is 0 Å². The van der Waals surface area contributed by atoms with Crippen LogP contribution in [0.25, 0.3) is 0 Å². The number of nitrogens with one attached hydrogen (secondary N) is 1. The van der Waals surface area contributed by atoms with E-state index in [1.165, 1.54) is 0 Å². The maximum absolute atomic E-state index is 12.4. The molecule has 1 saturated carbocycles. The van der Waals surface area contributed by atoms with Crippen LogP contribution >= 0.6 is 0 Å². The molecule has 1 aromatic carbocycles. The Labute approximate surface area is 139 Å². The van der Waals surface area contributed by atoms with Gasteiger partial charge >= 0.3 is 22.3 Å². The summed E-state index contributed by atoms with van der Waals surface area (Å²) < 4.78 is 32.4. The molecule has 0 radical (unpaired) electrons. The lowest BCUT2D eigenvalue weighted by atomic mass is 10.0. The molecule has 9 heteroatoms. The van der Waals surface area contributed by atoms with E-state index in [-0.39, 0.29) is 18.6 Å². The van der Waals surface area contributed by atoms with Crippen LogP contribution in [0, 0.1) is 5.92 Å². The van der Waals surface area contributed by atoms with Gasteiger partial charge in [-0.25, -0.2) is 9.52 Å². The fourth-order valence-corrected chi connectivity index (χ4v) is 5.03. The van der Waals surface area contributed by atoms with Gasteiger partial charge in [-0.05, 0) is 30.7 Å². The zero-order chi connectivity index (χ0) is 17.3. The van der Waals surface area contributed by atoms with Gasteiger partial charge in [0.15, 0.2) is 0 Å². The molecule has 8 nitrogen and oxygen atoms in total. The van der Waals surface area contributed by atoms with E-state index in [1.54, 1.807) is 24.3 Å². The van der Waals surface area contributed by atoms with Gasteiger partial charge in [-0.3, -0.25) is 4.79 Å². The number of rotatable bonds is 5. The van der Waals surface area contributed by atoms with Crippen LogP contribution in [0.5, 0.6) is 0 Å². The number of fused-ring (bicyclic) bond motifs is 2. The summed E-state index contributed by atoms with van der Waals surface area (Å²) in [5.74, 6) is -1.39. The predicted molar refractivity (Wildman–Crippen MR) is 83.1 cm³/mol. The van der Waals surface area contributed by atoms with Crippen LogP contribution in [0.2, 0.25) is 0 Å². The summed E-state index contributed by atoms with van der Waals surface area (Å²) in [5, 5.41) is 9.31. The Morgan fingerprint density at radius 2 is 1.96 bits per heavy atom. The number of carboxylic acid groups (broad SMARTS) is 1. The molecule has 2 bridgehead atoms. The Hall–Kier alpha value is -2.13. The van der Waals surface area contributed by atoms with Gasteiger partial charge in [0.1, 0.15) is 12.6 Å². The first-order valence-corrected chi connectivity index (χ1v) is 9.07. The first kappa shape index (κ1) is 16.7. The molecule has 1 heterocycles. The first-order chi connectivity index (χ1) is 11.4. The van der Waals surface area contributed by atoms with Crippen LogP contribution < -0.4 is 4.72 Å². The molecule has 2 N–H and O–H groups in total. The van der Waals surface area contributed by atoms with Gasteiger partial charge in [0.05, 0.1) is 0 Å². The fraction of sp³-hybridized carbons (Fsp3) is 0.467. The maximum atomic E-state index is 12.4. The number of benzene rings is 1. The summed E-state index contributed by atoms with van der Waals surface area (Å²) >= 11 is 0. The van der Waals surface area contributed by atoms with Gasteiger partial charge in [-0.2, -0.15) is 12.7 Å². The van der Waals surface area contributed by atoms with Gasteiger partial charge in [0, 0.05) is 6.04 Å². The highest BCUT2D eigenvalue weighted by molar-refractivity contribution is 7.87. The number of hydrogen-bond donors (Lipinski definition) is 2. The Balaban J connectivity index is 1.65. The number of piperidine rings is 1. The van der Waals surface area contributed by atoms with E-state index in [0.29, 0.717) is 24.8 Å². The van der Waals surface area contributed by atoms with Gasteiger partial charge in [0.25, 0.3) is 0 Å². The van der Waals surface area contributed by atoms with Crippen molar-refractivity contribution in [2.24, 2.45) is 5.92 Å². The van der Waals surface area contributed by atoms with Crippen LogP contribution in [0.4, 0.5) is 4.79 Å². The van der Waals surface area contributed by atoms with Gasteiger partial charge in [0.2, 0.25) is 0 Å². The minimum absolute atomic E-state index is 0.0728. The molecule has 1 aliphatic carbocycles. The molecule has 3 rings (SSSR count). The van der Waals surface area contributed by atoms with Crippen molar-refractivity contribution in [1.82, 2.24) is 9.03 Å². The largest absolute Gasteiger partial charge is 0.480 e. The smallest absolute Gasteiger partial charge is 0.422 e. The predicted octanol–water partition coefficient (Wildman–Crippen LogP) is 1.10. The average Bonchev–Trinajstić information content (AvgIpc) is 3.14. The third-order valence-electron chi connectivity index (χ3n) is 4.48. The molecule has 3 atom stereocenters. The highest BCUT2D eigenvalue weighted by Crippen LogP contribution is 2.43. The molecule has 130 valence electrons. The van der Waals surface area contributed by atoms with E-state index in [2.05, 4.69) is 0 Å². The Morgan fingerprint density at radius 1 is 1.25 bits per heavy atom. The summed E-state index contributed by atoms with van der Waals surface area (Å²) in [6.07, 6.45) is 0.683. The van der Waals surface area contributed by atoms with Crippen molar-refractivity contribution in [2.75, 3.05) is 0 Å². The summed E-state index contributed by atoms with van der Waals surface area (Å²) in [4.78, 5) is 23.2. The molecule has 3 unspecified atom stereocenters. The second-order valence-electron chi connectivity index (χ2n) is 6.01. The van der Waals surface area contributed by atoms with Crippen molar-refractivity contribution < 1.29 is 27.9 Å². The lowest BCUT2D eigenvalue weighted by Gasteiger charge is -2.31. The van der Waals surface area contributed by atoms with Crippen LogP contribution in [0.1, 0.15) is 24.8 Å². The monoisotopic (exact) mass is 354 g/mol. The highest BCUT2D eigenvalue weighted by Gasteiger charge is 2.54. The number of carbonyl (C=O) groups is 2. The van der Waals surface area contributed by atoms with E-state index in [4.69, 9.17) is 4.74 Å². The number of carboxylic acids is 1. The number of aliphatic carboxylic acids is 1. The van der Waals surface area contributed by atoms with E-state index >= 15 is 0 Å². The summed E-state index contributed by atoms with van der Waals surface area (Å²) in [6, 6.07) is 7.32. The molecule has 0 spiro atoms. The van der Waals surface area contributed by atoms with E-state index in [1.807, 2.05) is 10.8 Å². The lowest BCUT2D eigenvalue weighted by molar-refractivity contribution is -0.142. The number of hydrogen-bond acceptors (Lipinski definition) is 5. The van der Waals surface area contributed by atoms with Gasteiger partial charge < -0.3 is 9.84 Å². The molecule has 1 saturated heterocycles. The fourth-order valence-electron chi connectivity index (χ4n) is 3.51. The highest BCUT2D eigenvalue weighted by atomic mass is 32.2. The van der Waals surface area contributed by atoms with Crippen molar-refractivity contribution in [3.05, 3.63) is 35.9 Å². The Kier molecular flexibility index (Phi) is 4.46. The number of carbonyl (C=O) groups excluding carboxylic acids is 1. The normalized spacial score (nSPS) is 26.2. The minimum Gasteiger partial charge on any atom is -0.480 e. The number of ether oxygens (including phenoxy) is 1. The van der Waals surface area contributed by atoms with Crippen LogP contribution in [-0.2, 0) is 26.3 Å². The van der Waals surface area contributed by atoms with Gasteiger partial charge in [-0.1, -0.05) is 30.3 Å². The average molecular weight is 354 g/mol. The zero-order valence-corrected chi connectivity index (χ0v) is 13.6. The minimum atomic E-state index is -4.26. The molecule has 2 aliphatic rings. The second-order valence-corrected chi connectivity index (χ2v) is 7.58. The zero-order valence-electron chi connectivity index (χ0n) is 12.8. The van der Waals surface area contributed by atoms with Crippen LogP contribution in [0.15, 0.2) is 30.3 Å². The standard InChI is InChI=1S/C15H18N2O6S/c18-14(19)13-11-6-7-12(8-11)17(13)24(21,22)16-15(20)23-9-10-4-2-1-3-5-10/h1-5,11-13H,6-9H2,(H,16,20)(H,18,19). The molecular formula is C15H18N2O6S. The second kappa shape index (κ2) is 6.40. The molecule has 1 amide bonds. The van der Waals surface area contributed by atoms with Gasteiger partial charge in [-0.15, -0.1) is 0 Å². The van der Waals surface area contributed by atoms with Crippen molar-refractivity contribution in [3.8, 4) is 0 Å². The number of nitrogens with zero attached hydrogens (tertiary/aromatic N) is 1. The third-order valence-corrected chi connectivity index (χ3v) is 5.99. The molecule has 1 aliphatic heterocycles. The molecule has 1 aromatic rings. The van der Waals surface area contributed by atoms with Crippen LogP contribution in [0.3, 0.4) is 0 Å². The lowest BCUT2D eigenvalue weighted by Crippen LogP contribution is -2.54. The topological polar surface area (TPSA) is 113 Å². The quantitative estimate of drug-likeness (QED) is 0.818. The molecule has 24 heavy (non-hydrogen) atoms. The van der Waals surface area contributed by atoms with E-state index in [0.717, 1.165) is 4.31 Å². The molecule has 0 aromatic heterocycles. The van der Waals surface area contributed by atoms with Crippen molar-refractivity contribution in [3.63, 3.8) is 0 Å². The number of amides is 1. The first-order valence-electron chi connectivity index (χ1n) is 7.63. The maximum Gasteiger partial charge on any atom is 0.422 e. The third kappa shape index (κ3) is 3.22. The summed E-state index contributed by atoms with van der Waals surface area (Å²) in [6.45, 7) is -0.0728.